The monoisotopic (exact) mass is 356 g/mol. The Balaban J connectivity index is 2.24. The van der Waals surface area contributed by atoms with E-state index in [-0.39, 0.29) is 11.7 Å². The first-order valence-corrected chi connectivity index (χ1v) is 7.63. The van der Waals surface area contributed by atoms with Gasteiger partial charge in [0.05, 0.1) is 10.8 Å². The van der Waals surface area contributed by atoms with E-state index in [1.54, 1.807) is 13.0 Å². The molecular formula is C14H17BrN2O4. The number of aryl methyl sites for hydroxylation is 1. The summed E-state index contributed by atoms with van der Waals surface area (Å²) in [5, 5.41) is 23.4. The van der Waals surface area contributed by atoms with E-state index < -0.39 is 16.8 Å². The quantitative estimate of drug-likeness (QED) is 0.633. The fraction of sp³-hybridized carbons (Fsp3) is 0.500. The third-order valence-electron chi connectivity index (χ3n) is 3.91. The first-order valence-electron chi connectivity index (χ1n) is 6.84. The summed E-state index contributed by atoms with van der Waals surface area (Å²) >= 11 is 3.32. The summed E-state index contributed by atoms with van der Waals surface area (Å²) in [7, 11) is 0. The van der Waals surface area contributed by atoms with E-state index in [9.17, 15) is 20.0 Å². The van der Waals surface area contributed by atoms with Gasteiger partial charge < -0.3 is 10.4 Å². The zero-order valence-electron chi connectivity index (χ0n) is 11.6. The number of carboxylic acids is 1. The molecule has 1 saturated carbocycles. The number of nitro groups is 1. The summed E-state index contributed by atoms with van der Waals surface area (Å²) in [5.74, 6) is -1.21. The van der Waals surface area contributed by atoms with E-state index in [1.165, 1.54) is 6.07 Å². The normalized spacial score (nSPS) is 21.8. The number of benzene rings is 1. The average Bonchev–Trinajstić information content (AvgIpc) is 2.42. The van der Waals surface area contributed by atoms with E-state index in [0.717, 1.165) is 19.3 Å². The Bertz CT molecular complexity index is 576. The molecule has 0 aliphatic heterocycles. The lowest BCUT2D eigenvalue weighted by Crippen LogP contribution is -2.37. The van der Waals surface area contributed by atoms with E-state index in [4.69, 9.17) is 0 Å². The number of nitrogens with zero attached hydrogens (tertiary/aromatic N) is 1. The summed E-state index contributed by atoms with van der Waals surface area (Å²) in [6, 6.07) is 3.00. The van der Waals surface area contributed by atoms with Gasteiger partial charge in [-0.1, -0.05) is 12.8 Å². The third-order valence-corrected chi connectivity index (χ3v) is 4.56. The van der Waals surface area contributed by atoms with Crippen molar-refractivity contribution >= 4 is 33.3 Å². The lowest BCUT2D eigenvalue weighted by molar-refractivity contribution is -0.385. The summed E-state index contributed by atoms with van der Waals surface area (Å²) in [4.78, 5) is 21.8. The van der Waals surface area contributed by atoms with Gasteiger partial charge >= 0.3 is 5.97 Å². The fourth-order valence-corrected chi connectivity index (χ4v) is 3.22. The van der Waals surface area contributed by atoms with Crippen molar-refractivity contribution in [1.29, 1.82) is 0 Å². The molecule has 6 nitrogen and oxygen atoms in total. The van der Waals surface area contributed by atoms with Crippen LogP contribution in [0.1, 0.15) is 31.2 Å². The second-order valence-electron chi connectivity index (χ2n) is 5.36. The molecule has 0 heterocycles. The van der Waals surface area contributed by atoms with E-state index in [1.807, 2.05) is 0 Å². The number of anilines is 1. The van der Waals surface area contributed by atoms with Crippen LogP contribution >= 0.6 is 15.9 Å². The topological polar surface area (TPSA) is 92.5 Å². The first kappa shape index (κ1) is 15.8. The van der Waals surface area contributed by atoms with E-state index in [2.05, 4.69) is 21.2 Å². The van der Waals surface area contributed by atoms with Gasteiger partial charge in [0.25, 0.3) is 5.69 Å². The van der Waals surface area contributed by atoms with Crippen molar-refractivity contribution in [3.05, 3.63) is 32.3 Å². The third kappa shape index (κ3) is 3.53. The first-order chi connectivity index (χ1) is 9.90. The molecule has 1 fully saturated rings. The molecule has 0 bridgehead atoms. The molecule has 2 atom stereocenters. The SMILES string of the molecule is Cc1cc(NC2CCCCC2C(=O)O)c(Br)cc1[N+](=O)[O-]. The van der Waals surface area contributed by atoms with Crippen LogP contribution in [0.3, 0.4) is 0 Å². The van der Waals surface area contributed by atoms with Gasteiger partial charge in [-0.2, -0.15) is 0 Å². The highest BCUT2D eigenvalue weighted by Crippen LogP contribution is 2.34. The lowest BCUT2D eigenvalue weighted by Gasteiger charge is -2.30. The van der Waals surface area contributed by atoms with Crippen molar-refractivity contribution in [1.82, 2.24) is 0 Å². The Hall–Kier alpha value is -1.63. The van der Waals surface area contributed by atoms with Gasteiger partial charge in [0.1, 0.15) is 0 Å². The standard InChI is InChI=1S/C14H17BrN2O4/c1-8-6-12(10(15)7-13(8)17(20)21)16-11-5-3-2-4-9(11)14(18)19/h6-7,9,11,16H,2-5H2,1H3,(H,18,19). The highest BCUT2D eigenvalue weighted by Gasteiger charge is 2.31. The molecule has 1 aliphatic carbocycles. The lowest BCUT2D eigenvalue weighted by atomic mass is 9.84. The second kappa shape index (κ2) is 6.43. The predicted octanol–water partition coefficient (Wildman–Crippen LogP) is 3.72. The molecule has 7 heteroatoms. The molecule has 2 rings (SSSR count). The smallest absolute Gasteiger partial charge is 0.308 e. The Morgan fingerprint density at radius 1 is 1.43 bits per heavy atom. The van der Waals surface area contributed by atoms with Crippen LogP contribution in [0.5, 0.6) is 0 Å². The number of aliphatic carboxylic acids is 1. The Morgan fingerprint density at radius 2 is 2.10 bits per heavy atom. The number of carboxylic acid groups (broad SMARTS) is 1. The highest BCUT2D eigenvalue weighted by molar-refractivity contribution is 9.10. The summed E-state index contributed by atoms with van der Waals surface area (Å²) in [6.45, 7) is 1.67. The van der Waals surface area contributed by atoms with Gasteiger partial charge in [0, 0.05) is 27.8 Å². The minimum atomic E-state index is -0.790. The van der Waals surface area contributed by atoms with Crippen molar-refractivity contribution in [2.45, 2.75) is 38.6 Å². The Labute approximate surface area is 130 Å². The molecule has 1 aliphatic rings. The number of hydrogen-bond acceptors (Lipinski definition) is 4. The van der Waals surface area contributed by atoms with Gasteiger partial charge in [-0.15, -0.1) is 0 Å². The molecule has 0 aromatic heterocycles. The van der Waals surface area contributed by atoms with Crippen LogP contribution in [0.4, 0.5) is 11.4 Å². The molecule has 1 aromatic carbocycles. The van der Waals surface area contributed by atoms with Crippen molar-refractivity contribution < 1.29 is 14.8 Å². The Morgan fingerprint density at radius 3 is 2.71 bits per heavy atom. The van der Waals surface area contributed by atoms with Gasteiger partial charge in [0.2, 0.25) is 0 Å². The minimum Gasteiger partial charge on any atom is -0.481 e. The largest absolute Gasteiger partial charge is 0.481 e. The van der Waals surface area contributed by atoms with Crippen molar-refractivity contribution in [2.24, 2.45) is 5.92 Å². The summed E-state index contributed by atoms with van der Waals surface area (Å²) < 4.78 is 0.578. The molecular weight excluding hydrogens is 340 g/mol. The van der Waals surface area contributed by atoms with Crippen LogP contribution in [0, 0.1) is 23.0 Å². The zero-order valence-corrected chi connectivity index (χ0v) is 13.2. The maximum atomic E-state index is 11.3. The summed E-state index contributed by atoms with van der Waals surface area (Å²) in [5.41, 5.74) is 1.30. The summed E-state index contributed by atoms with van der Waals surface area (Å²) in [6.07, 6.45) is 3.37. The molecule has 0 spiro atoms. The van der Waals surface area contributed by atoms with Crippen molar-refractivity contribution in [3.63, 3.8) is 0 Å². The van der Waals surface area contributed by atoms with E-state index in [0.29, 0.717) is 22.1 Å². The van der Waals surface area contributed by atoms with Crippen LogP contribution in [0.25, 0.3) is 0 Å². The molecule has 0 saturated heterocycles. The number of halogens is 1. The Kier molecular flexibility index (Phi) is 4.82. The van der Waals surface area contributed by atoms with E-state index >= 15 is 0 Å². The molecule has 21 heavy (non-hydrogen) atoms. The number of nitro benzene ring substituents is 1. The van der Waals surface area contributed by atoms with Crippen LogP contribution in [0.15, 0.2) is 16.6 Å². The predicted molar refractivity (Wildman–Crippen MR) is 82.5 cm³/mol. The second-order valence-corrected chi connectivity index (χ2v) is 6.21. The van der Waals surface area contributed by atoms with Gasteiger partial charge in [-0.25, -0.2) is 0 Å². The zero-order chi connectivity index (χ0) is 15.6. The number of carbonyl (C=O) groups is 1. The average molecular weight is 357 g/mol. The van der Waals surface area contributed by atoms with Crippen LogP contribution in [-0.4, -0.2) is 22.0 Å². The molecule has 2 N–H and O–H groups in total. The van der Waals surface area contributed by atoms with Crippen molar-refractivity contribution in [3.8, 4) is 0 Å². The van der Waals surface area contributed by atoms with Gasteiger partial charge in [0.15, 0.2) is 0 Å². The molecule has 114 valence electrons. The molecule has 0 amide bonds. The molecule has 1 aromatic rings. The van der Waals surface area contributed by atoms with Crippen LogP contribution in [-0.2, 0) is 4.79 Å². The molecule has 0 radical (unpaired) electrons. The maximum absolute atomic E-state index is 11.3. The highest BCUT2D eigenvalue weighted by atomic mass is 79.9. The maximum Gasteiger partial charge on any atom is 0.308 e. The van der Waals surface area contributed by atoms with Crippen LogP contribution in [0.2, 0.25) is 0 Å². The number of hydrogen-bond donors (Lipinski definition) is 2. The van der Waals surface area contributed by atoms with Crippen molar-refractivity contribution in [2.75, 3.05) is 5.32 Å². The minimum absolute atomic E-state index is 0.0471. The van der Waals surface area contributed by atoms with Gasteiger partial charge in [-0.3, -0.25) is 14.9 Å². The number of rotatable bonds is 4. The molecule has 2 unspecified atom stereocenters. The fourth-order valence-electron chi connectivity index (χ4n) is 2.78. The van der Waals surface area contributed by atoms with Crippen LogP contribution < -0.4 is 5.32 Å². The van der Waals surface area contributed by atoms with Gasteiger partial charge in [-0.05, 0) is 41.8 Å². The number of nitrogens with one attached hydrogen (secondary N) is 1.